The van der Waals surface area contributed by atoms with Crippen LogP contribution < -0.4 is 5.32 Å². The molecule has 0 unspecified atom stereocenters. The number of halogens is 1. The van der Waals surface area contributed by atoms with Gasteiger partial charge in [-0.2, -0.15) is 0 Å². The van der Waals surface area contributed by atoms with Gasteiger partial charge in [0.2, 0.25) is 5.91 Å². The molecular weight excluding hydrogens is 306 g/mol. The van der Waals surface area contributed by atoms with Crippen LogP contribution >= 0.6 is 15.9 Å². The van der Waals surface area contributed by atoms with Crippen LogP contribution in [0.15, 0.2) is 28.7 Å². The van der Waals surface area contributed by atoms with E-state index >= 15 is 0 Å². The first kappa shape index (κ1) is 14.5. The first-order valence-electron chi connectivity index (χ1n) is 6.84. The normalized spacial score (nSPS) is 17.4. The quantitative estimate of drug-likeness (QED) is 0.818. The Morgan fingerprint density at radius 2 is 1.89 bits per heavy atom. The minimum Gasteiger partial charge on any atom is -0.396 e. The molecule has 0 aromatic heterocycles. The van der Waals surface area contributed by atoms with Crippen LogP contribution in [-0.4, -0.2) is 24.2 Å². The maximum absolute atomic E-state index is 12.5. The fraction of sp³-hybridized carbons (Fsp3) is 0.533. The third-order valence-corrected chi connectivity index (χ3v) is 4.44. The van der Waals surface area contributed by atoms with E-state index in [1.165, 1.54) is 0 Å². The van der Waals surface area contributed by atoms with Crippen molar-refractivity contribution < 1.29 is 9.90 Å². The van der Waals surface area contributed by atoms with Gasteiger partial charge in [0.05, 0.1) is 5.41 Å². The minimum atomic E-state index is -0.365. The summed E-state index contributed by atoms with van der Waals surface area (Å²) >= 11 is 3.43. The summed E-state index contributed by atoms with van der Waals surface area (Å²) in [6.45, 7) is 0.666. The highest BCUT2D eigenvalue weighted by Crippen LogP contribution is 2.41. The lowest BCUT2D eigenvalue weighted by Gasteiger charge is -2.28. The molecule has 1 aliphatic carbocycles. The Kier molecular flexibility index (Phi) is 4.99. The zero-order chi connectivity index (χ0) is 13.7. The van der Waals surface area contributed by atoms with E-state index < -0.39 is 0 Å². The number of hydrogen-bond donors (Lipinski definition) is 2. The number of carbonyl (C=O) groups excluding carboxylic acids is 1. The number of nitrogens with one attached hydrogen (secondary N) is 1. The molecule has 2 N–H and O–H groups in total. The summed E-state index contributed by atoms with van der Waals surface area (Å²) in [5.41, 5.74) is 0.741. The lowest BCUT2D eigenvalue weighted by atomic mass is 9.78. The number of benzene rings is 1. The van der Waals surface area contributed by atoms with Crippen LogP contribution in [0.25, 0.3) is 0 Å². The van der Waals surface area contributed by atoms with Crippen LogP contribution in [0.1, 0.15) is 37.7 Å². The molecule has 0 aliphatic heterocycles. The van der Waals surface area contributed by atoms with Crippen molar-refractivity contribution in [2.75, 3.05) is 13.2 Å². The number of carbonyl (C=O) groups is 1. The topological polar surface area (TPSA) is 49.3 Å². The van der Waals surface area contributed by atoms with Crippen molar-refractivity contribution in [1.29, 1.82) is 0 Å². The second kappa shape index (κ2) is 6.53. The van der Waals surface area contributed by atoms with Crippen LogP contribution in [0.2, 0.25) is 0 Å². The minimum absolute atomic E-state index is 0.112. The zero-order valence-electron chi connectivity index (χ0n) is 11.0. The predicted octanol–water partition coefficient (Wildman–Crippen LogP) is 2.76. The first-order chi connectivity index (χ1) is 9.19. The summed E-state index contributed by atoms with van der Waals surface area (Å²) in [7, 11) is 0. The van der Waals surface area contributed by atoms with E-state index in [2.05, 4.69) is 21.2 Å². The fourth-order valence-corrected chi connectivity index (χ4v) is 3.11. The second-order valence-corrected chi connectivity index (χ2v) is 6.04. The van der Waals surface area contributed by atoms with Gasteiger partial charge in [-0.25, -0.2) is 0 Å². The van der Waals surface area contributed by atoms with Crippen LogP contribution in [0.5, 0.6) is 0 Å². The van der Waals surface area contributed by atoms with Gasteiger partial charge in [0.15, 0.2) is 0 Å². The Morgan fingerprint density at radius 1 is 1.26 bits per heavy atom. The van der Waals surface area contributed by atoms with Gasteiger partial charge in [0, 0.05) is 17.6 Å². The standard InChI is InChI=1S/C15H20BrNO2/c16-13-6-4-12(5-7-13)15(8-1-2-9-15)14(19)17-10-3-11-18/h4-7,18H,1-3,8-11H2,(H,17,19). The van der Waals surface area contributed by atoms with Crippen molar-refractivity contribution in [3.63, 3.8) is 0 Å². The van der Waals surface area contributed by atoms with Crippen LogP contribution in [0, 0.1) is 0 Å². The largest absolute Gasteiger partial charge is 0.396 e. The predicted molar refractivity (Wildman–Crippen MR) is 79.0 cm³/mol. The molecule has 4 heteroatoms. The van der Waals surface area contributed by atoms with E-state index in [1.807, 2.05) is 24.3 Å². The van der Waals surface area contributed by atoms with Gasteiger partial charge in [-0.05, 0) is 37.0 Å². The number of rotatable bonds is 5. The van der Waals surface area contributed by atoms with Gasteiger partial charge >= 0.3 is 0 Å². The summed E-state index contributed by atoms with van der Waals surface area (Å²) in [6, 6.07) is 8.08. The summed E-state index contributed by atoms with van der Waals surface area (Å²) in [6.07, 6.45) is 4.65. The number of hydrogen-bond acceptors (Lipinski definition) is 2. The molecule has 0 atom stereocenters. The van der Waals surface area contributed by atoms with Crippen molar-refractivity contribution in [2.24, 2.45) is 0 Å². The molecule has 19 heavy (non-hydrogen) atoms. The van der Waals surface area contributed by atoms with Gasteiger partial charge in [-0.1, -0.05) is 40.9 Å². The monoisotopic (exact) mass is 325 g/mol. The average molecular weight is 326 g/mol. The van der Waals surface area contributed by atoms with Crippen molar-refractivity contribution in [3.8, 4) is 0 Å². The third-order valence-electron chi connectivity index (χ3n) is 3.91. The van der Waals surface area contributed by atoms with E-state index in [9.17, 15) is 4.79 Å². The van der Waals surface area contributed by atoms with E-state index in [1.54, 1.807) is 0 Å². The number of amides is 1. The Bertz CT molecular complexity index is 424. The fourth-order valence-electron chi connectivity index (χ4n) is 2.84. The van der Waals surface area contributed by atoms with Crippen LogP contribution in [-0.2, 0) is 10.2 Å². The van der Waals surface area contributed by atoms with Gasteiger partial charge in [0.1, 0.15) is 0 Å². The Hall–Kier alpha value is -0.870. The molecule has 0 heterocycles. The van der Waals surface area contributed by atoms with Crippen molar-refractivity contribution in [2.45, 2.75) is 37.5 Å². The van der Waals surface area contributed by atoms with Gasteiger partial charge in [-0.3, -0.25) is 4.79 Å². The van der Waals surface area contributed by atoms with E-state index in [0.717, 1.165) is 35.7 Å². The molecule has 2 rings (SSSR count). The molecule has 1 aliphatic rings. The van der Waals surface area contributed by atoms with Gasteiger partial charge < -0.3 is 10.4 Å². The lowest BCUT2D eigenvalue weighted by molar-refractivity contribution is -0.126. The molecular formula is C15H20BrNO2. The summed E-state index contributed by atoms with van der Waals surface area (Å²) in [5.74, 6) is 0.112. The summed E-state index contributed by atoms with van der Waals surface area (Å²) in [5, 5.41) is 11.8. The summed E-state index contributed by atoms with van der Waals surface area (Å²) < 4.78 is 1.03. The molecule has 104 valence electrons. The van der Waals surface area contributed by atoms with Crippen molar-refractivity contribution in [3.05, 3.63) is 34.3 Å². The van der Waals surface area contributed by atoms with Gasteiger partial charge in [-0.15, -0.1) is 0 Å². The maximum atomic E-state index is 12.5. The SMILES string of the molecule is O=C(NCCCO)C1(c2ccc(Br)cc2)CCCC1. The Balaban J connectivity index is 2.17. The zero-order valence-corrected chi connectivity index (χ0v) is 12.6. The highest BCUT2D eigenvalue weighted by Gasteiger charge is 2.42. The van der Waals surface area contributed by atoms with E-state index in [4.69, 9.17) is 5.11 Å². The first-order valence-corrected chi connectivity index (χ1v) is 7.63. The van der Waals surface area contributed by atoms with E-state index in [0.29, 0.717) is 13.0 Å². The van der Waals surface area contributed by atoms with E-state index in [-0.39, 0.29) is 17.9 Å². The Morgan fingerprint density at radius 3 is 2.47 bits per heavy atom. The molecule has 0 saturated heterocycles. The van der Waals surface area contributed by atoms with Crippen molar-refractivity contribution >= 4 is 21.8 Å². The van der Waals surface area contributed by atoms with Crippen LogP contribution in [0.4, 0.5) is 0 Å². The molecule has 1 aromatic rings. The molecule has 1 fully saturated rings. The molecule has 0 spiro atoms. The highest BCUT2D eigenvalue weighted by atomic mass is 79.9. The summed E-state index contributed by atoms with van der Waals surface area (Å²) in [4.78, 5) is 12.5. The lowest BCUT2D eigenvalue weighted by Crippen LogP contribution is -2.43. The molecule has 1 aromatic carbocycles. The molecule has 1 saturated carbocycles. The second-order valence-electron chi connectivity index (χ2n) is 5.13. The molecule has 1 amide bonds. The average Bonchev–Trinajstić information content (AvgIpc) is 2.90. The molecule has 0 bridgehead atoms. The highest BCUT2D eigenvalue weighted by molar-refractivity contribution is 9.10. The maximum Gasteiger partial charge on any atom is 0.230 e. The van der Waals surface area contributed by atoms with Crippen molar-refractivity contribution in [1.82, 2.24) is 5.32 Å². The third kappa shape index (κ3) is 3.18. The molecule has 3 nitrogen and oxygen atoms in total. The molecule has 0 radical (unpaired) electrons. The Labute approximate surface area is 122 Å². The number of aliphatic hydroxyl groups excluding tert-OH is 1. The number of aliphatic hydroxyl groups is 1. The van der Waals surface area contributed by atoms with Gasteiger partial charge in [0.25, 0.3) is 0 Å². The van der Waals surface area contributed by atoms with Crippen LogP contribution in [0.3, 0.4) is 0 Å². The smallest absolute Gasteiger partial charge is 0.230 e.